The predicted octanol–water partition coefficient (Wildman–Crippen LogP) is 3.27. The van der Waals surface area contributed by atoms with Gasteiger partial charge in [-0.3, -0.25) is 19.2 Å². The third kappa shape index (κ3) is 5.13. The highest BCUT2D eigenvalue weighted by Crippen LogP contribution is 2.52. The highest BCUT2D eigenvalue weighted by atomic mass is 16.6. The molecule has 0 aliphatic heterocycles. The van der Waals surface area contributed by atoms with E-state index in [4.69, 9.17) is 37.6 Å². The first-order valence-corrected chi connectivity index (χ1v) is 10.6. The fraction of sp³-hybridized carbons (Fsp3) is 0.280. The molecule has 0 aliphatic rings. The van der Waals surface area contributed by atoms with Crippen molar-refractivity contribution in [3.63, 3.8) is 0 Å². The van der Waals surface area contributed by atoms with Crippen molar-refractivity contribution < 1.29 is 52.0 Å². The zero-order valence-corrected chi connectivity index (χ0v) is 21.1. The van der Waals surface area contributed by atoms with Crippen molar-refractivity contribution in [3.8, 4) is 51.6 Å². The molecule has 0 fully saturated rings. The number of carbonyl (C=O) groups excluding carboxylic acids is 3. The highest BCUT2D eigenvalue weighted by Gasteiger charge is 2.32. The Bertz CT molecular complexity index is 1450. The Labute approximate surface area is 210 Å². The van der Waals surface area contributed by atoms with Crippen LogP contribution in [-0.4, -0.2) is 46.3 Å². The third-order valence-corrected chi connectivity index (χ3v) is 4.91. The van der Waals surface area contributed by atoms with Gasteiger partial charge in [0.1, 0.15) is 5.39 Å². The van der Waals surface area contributed by atoms with Crippen LogP contribution in [0.5, 0.6) is 40.2 Å². The zero-order valence-electron chi connectivity index (χ0n) is 21.1. The number of methoxy groups -OCH3 is 4. The molecule has 0 saturated heterocycles. The molecular formula is C25H24O12. The van der Waals surface area contributed by atoms with Crippen molar-refractivity contribution in [2.45, 2.75) is 20.8 Å². The first kappa shape index (κ1) is 26.9. The van der Waals surface area contributed by atoms with Gasteiger partial charge in [0.2, 0.25) is 28.4 Å². The molecule has 1 heterocycles. The lowest BCUT2D eigenvalue weighted by Crippen LogP contribution is -2.15. The Kier molecular flexibility index (Phi) is 7.91. The summed E-state index contributed by atoms with van der Waals surface area (Å²) in [7, 11) is 5.18. The number of ether oxygens (including phenoxy) is 7. The van der Waals surface area contributed by atoms with E-state index in [1.165, 1.54) is 53.6 Å². The van der Waals surface area contributed by atoms with Crippen molar-refractivity contribution in [2.75, 3.05) is 28.4 Å². The predicted molar refractivity (Wildman–Crippen MR) is 128 cm³/mol. The van der Waals surface area contributed by atoms with Gasteiger partial charge in [-0.25, -0.2) is 0 Å². The molecular weight excluding hydrogens is 492 g/mol. The molecule has 0 amide bonds. The van der Waals surface area contributed by atoms with Gasteiger partial charge in [0.05, 0.1) is 28.4 Å². The molecule has 3 aromatic rings. The Morgan fingerprint density at radius 2 is 1.22 bits per heavy atom. The number of rotatable bonds is 8. The lowest BCUT2D eigenvalue weighted by Gasteiger charge is -2.19. The normalized spacial score (nSPS) is 10.5. The smallest absolute Gasteiger partial charge is 0.308 e. The molecule has 3 rings (SSSR count). The average molecular weight is 516 g/mol. The highest BCUT2D eigenvalue weighted by molar-refractivity contribution is 5.98. The van der Waals surface area contributed by atoms with E-state index in [1.807, 2.05) is 0 Å². The van der Waals surface area contributed by atoms with Crippen LogP contribution in [-0.2, 0) is 14.4 Å². The maximum absolute atomic E-state index is 13.8. The molecule has 2 aromatic carbocycles. The summed E-state index contributed by atoms with van der Waals surface area (Å²) < 4.78 is 43.3. The maximum atomic E-state index is 13.8. The minimum absolute atomic E-state index is 0.0841. The number of carbonyl (C=O) groups is 3. The average Bonchev–Trinajstić information content (AvgIpc) is 2.84. The molecule has 0 unspecified atom stereocenters. The Morgan fingerprint density at radius 1 is 0.649 bits per heavy atom. The number of esters is 3. The lowest BCUT2D eigenvalue weighted by molar-refractivity contribution is -0.133. The van der Waals surface area contributed by atoms with Gasteiger partial charge in [-0.05, 0) is 18.2 Å². The zero-order chi connectivity index (χ0) is 27.4. The Hall–Kier alpha value is -4.74. The monoisotopic (exact) mass is 516 g/mol. The van der Waals surface area contributed by atoms with Gasteiger partial charge in [-0.1, -0.05) is 0 Å². The van der Waals surface area contributed by atoms with Crippen LogP contribution in [0.15, 0.2) is 27.4 Å². The van der Waals surface area contributed by atoms with Crippen molar-refractivity contribution >= 4 is 28.9 Å². The summed E-state index contributed by atoms with van der Waals surface area (Å²) in [5.41, 5.74) is -0.751. The summed E-state index contributed by atoms with van der Waals surface area (Å²) in [5.74, 6) is -3.14. The van der Waals surface area contributed by atoms with Crippen LogP contribution in [0.25, 0.3) is 22.3 Å². The van der Waals surface area contributed by atoms with Crippen LogP contribution in [0.1, 0.15) is 20.8 Å². The topological polar surface area (TPSA) is 146 Å². The molecule has 1 aromatic heterocycles. The first-order valence-electron chi connectivity index (χ1n) is 10.6. The summed E-state index contributed by atoms with van der Waals surface area (Å²) in [4.78, 5) is 48.9. The minimum Gasteiger partial charge on any atom is -0.493 e. The number of fused-ring (bicyclic) bond motifs is 1. The van der Waals surface area contributed by atoms with Gasteiger partial charge in [0.25, 0.3) is 0 Å². The molecule has 0 aliphatic carbocycles. The van der Waals surface area contributed by atoms with Crippen molar-refractivity contribution in [1.82, 2.24) is 0 Å². The molecule has 0 saturated carbocycles. The molecule has 37 heavy (non-hydrogen) atoms. The standard InChI is InChI=1S/C25H24O12/c1-11(26)34-15-9-8-14(10-16(15)30-4)19-22(35-12(2)27)18(29)17-20(31-5)25(36-13(3)28)24(33-7)23(32-6)21(17)37-19/h8-10H,1-7H3. The van der Waals surface area contributed by atoms with Crippen molar-refractivity contribution in [1.29, 1.82) is 0 Å². The summed E-state index contributed by atoms with van der Waals surface area (Å²) in [5, 5.41) is -0.236. The van der Waals surface area contributed by atoms with Crippen LogP contribution in [0.4, 0.5) is 0 Å². The first-order chi connectivity index (χ1) is 17.6. The van der Waals surface area contributed by atoms with Gasteiger partial charge in [0, 0.05) is 26.3 Å². The van der Waals surface area contributed by atoms with Gasteiger partial charge in [0.15, 0.2) is 28.6 Å². The molecule has 0 radical (unpaired) electrons. The van der Waals surface area contributed by atoms with E-state index < -0.39 is 29.1 Å². The van der Waals surface area contributed by atoms with E-state index in [0.29, 0.717) is 0 Å². The van der Waals surface area contributed by atoms with Gasteiger partial charge >= 0.3 is 17.9 Å². The van der Waals surface area contributed by atoms with Crippen molar-refractivity contribution in [2.24, 2.45) is 0 Å². The molecule has 196 valence electrons. The third-order valence-electron chi connectivity index (χ3n) is 4.91. The summed E-state index contributed by atoms with van der Waals surface area (Å²) >= 11 is 0. The van der Waals surface area contributed by atoms with Crippen molar-refractivity contribution in [3.05, 3.63) is 28.4 Å². The molecule has 0 atom stereocenters. The molecule has 0 bridgehead atoms. The second-order valence-corrected chi connectivity index (χ2v) is 7.37. The van der Waals surface area contributed by atoms with E-state index in [0.717, 1.165) is 13.8 Å². The fourth-order valence-electron chi connectivity index (χ4n) is 3.58. The largest absolute Gasteiger partial charge is 0.493 e. The molecule has 12 nitrogen and oxygen atoms in total. The number of hydrogen-bond donors (Lipinski definition) is 0. The van der Waals surface area contributed by atoms with Crippen LogP contribution < -0.4 is 38.6 Å². The second kappa shape index (κ2) is 10.9. The fourth-order valence-corrected chi connectivity index (χ4v) is 3.58. The summed E-state index contributed by atoms with van der Waals surface area (Å²) in [6, 6.07) is 4.30. The molecule has 0 N–H and O–H groups in total. The Morgan fingerprint density at radius 3 is 1.73 bits per heavy atom. The Balaban J connectivity index is 2.50. The number of benzene rings is 2. The van der Waals surface area contributed by atoms with E-state index in [2.05, 4.69) is 0 Å². The van der Waals surface area contributed by atoms with Gasteiger partial charge in [-0.2, -0.15) is 0 Å². The van der Waals surface area contributed by atoms with Crippen LogP contribution >= 0.6 is 0 Å². The van der Waals surface area contributed by atoms with Crippen LogP contribution in [0, 0.1) is 0 Å². The SMILES string of the molecule is COc1cc(-c2oc3c(OC)c(OC)c(OC(C)=O)c(OC)c3c(=O)c2OC(C)=O)ccc1OC(C)=O. The van der Waals surface area contributed by atoms with Gasteiger partial charge < -0.3 is 37.6 Å². The minimum atomic E-state index is -0.833. The van der Waals surface area contributed by atoms with E-state index >= 15 is 0 Å². The lowest BCUT2D eigenvalue weighted by atomic mass is 10.1. The van der Waals surface area contributed by atoms with Crippen LogP contribution in [0.2, 0.25) is 0 Å². The summed E-state index contributed by atoms with van der Waals surface area (Å²) in [6.07, 6.45) is 0. The van der Waals surface area contributed by atoms with E-state index in [1.54, 1.807) is 0 Å². The molecule has 0 spiro atoms. The van der Waals surface area contributed by atoms with E-state index in [9.17, 15) is 19.2 Å². The number of hydrogen-bond acceptors (Lipinski definition) is 12. The molecule has 12 heteroatoms. The quantitative estimate of drug-likeness (QED) is 0.320. The summed E-state index contributed by atoms with van der Waals surface area (Å²) in [6.45, 7) is 3.48. The van der Waals surface area contributed by atoms with Crippen LogP contribution in [0.3, 0.4) is 0 Å². The second-order valence-electron chi connectivity index (χ2n) is 7.37. The van der Waals surface area contributed by atoms with Gasteiger partial charge in [-0.15, -0.1) is 0 Å². The van der Waals surface area contributed by atoms with E-state index in [-0.39, 0.29) is 56.8 Å². The maximum Gasteiger partial charge on any atom is 0.308 e.